The van der Waals surface area contributed by atoms with Crippen molar-refractivity contribution in [1.82, 2.24) is 14.8 Å². The van der Waals surface area contributed by atoms with Crippen molar-refractivity contribution in [2.24, 2.45) is 5.92 Å². The van der Waals surface area contributed by atoms with Gasteiger partial charge in [0.1, 0.15) is 5.75 Å². The lowest BCUT2D eigenvalue weighted by Gasteiger charge is -2.46. The van der Waals surface area contributed by atoms with Gasteiger partial charge in [0, 0.05) is 77.6 Å². The van der Waals surface area contributed by atoms with Crippen LogP contribution in [0, 0.1) is 11.3 Å². The number of carbonyl (C=O) groups is 1. The van der Waals surface area contributed by atoms with Gasteiger partial charge in [0.05, 0.1) is 12.6 Å². The number of ether oxygens (including phenoxy) is 1. The average molecular weight is 506 g/mol. The van der Waals surface area contributed by atoms with Crippen LogP contribution >= 0.6 is 11.6 Å². The number of nitrogens with one attached hydrogen (secondary N) is 1. The second kappa shape index (κ2) is 11.1. The number of aromatic nitrogens is 1. The Kier molecular flexibility index (Phi) is 7.91. The number of anilines is 1. The fourth-order valence-electron chi connectivity index (χ4n) is 4.86. The second-order valence-corrected chi connectivity index (χ2v) is 9.44. The Hall–Kier alpha value is -3.42. The summed E-state index contributed by atoms with van der Waals surface area (Å²) in [5.41, 5.74) is 10.6. The van der Waals surface area contributed by atoms with E-state index in [1.54, 1.807) is 23.4 Å². The number of rotatable bonds is 9. The van der Waals surface area contributed by atoms with Gasteiger partial charge in [-0.2, -0.15) is 0 Å². The van der Waals surface area contributed by atoms with E-state index < -0.39 is 0 Å². The highest BCUT2D eigenvalue weighted by Gasteiger charge is 2.39. The third-order valence-electron chi connectivity index (χ3n) is 6.80. The molecule has 0 radical (unpaired) electrons. The number of benzene rings is 2. The normalized spacial score (nSPS) is 14.7. The molecule has 0 unspecified atom stereocenters. The molecule has 3 N–H and O–H groups in total. The number of nitrogens with zero attached hydrogens (tertiary/aromatic N) is 3. The molecular weight excluding hydrogens is 474 g/mol. The molecule has 0 saturated carbocycles. The van der Waals surface area contributed by atoms with Crippen LogP contribution in [0.1, 0.15) is 41.4 Å². The molecule has 0 bridgehead atoms. The highest BCUT2D eigenvalue weighted by Crippen LogP contribution is 2.39. The van der Waals surface area contributed by atoms with Crippen LogP contribution in [0.5, 0.6) is 5.75 Å². The molecule has 1 aliphatic heterocycles. The van der Waals surface area contributed by atoms with Crippen molar-refractivity contribution in [3.05, 3.63) is 76.6 Å². The topological polar surface area (TPSA) is 95.5 Å². The van der Waals surface area contributed by atoms with Crippen LogP contribution in [0.4, 0.5) is 5.69 Å². The molecule has 36 heavy (non-hydrogen) atoms. The van der Waals surface area contributed by atoms with E-state index in [4.69, 9.17) is 27.5 Å². The van der Waals surface area contributed by atoms with E-state index in [0.29, 0.717) is 34.2 Å². The van der Waals surface area contributed by atoms with Gasteiger partial charge in [-0.3, -0.25) is 9.78 Å². The van der Waals surface area contributed by atoms with Crippen LogP contribution in [-0.4, -0.2) is 60.2 Å². The number of amides is 1. The first-order valence-electron chi connectivity index (χ1n) is 12.1. The highest BCUT2D eigenvalue weighted by atomic mass is 35.5. The Morgan fingerprint density at radius 2 is 2.06 bits per heavy atom. The number of likely N-dealkylation sites (tertiary alicyclic amines) is 1. The number of hydrogen-bond acceptors (Lipinski definition) is 6. The van der Waals surface area contributed by atoms with Crippen LogP contribution in [0.25, 0.3) is 11.1 Å². The number of nitrogens with two attached hydrogens (primary N) is 1. The lowest BCUT2D eigenvalue weighted by molar-refractivity contribution is 0.0283. The third-order valence-corrected chi connectivity index (χ3v) is 7.04. The molecule has 2 aromatic carbocycles. The van der Waals surface area contributed by atoms with Crippen LogP contribution in [0.3, 0.4) is 0 Å². The van der Waals surface area contributed by atoms with E-state index in [1.165, 1.54) is 6.21 Å². The Balaban J connectivity index is 1.70. The summed E-state index contributed by atoms with van der Waals surface area (Å²) in [5.74, 6) is 0.706. The quantitative estimate of drug-likeness (QED) is 0.392. The van der Waals surface area contributed by atoms with E-state index in [2.05, 4.69) is 16.8 Å². The molecule has 0 spiro atoms. The Bertz CT molecular complexity index is 1260. The number of nitrogen functional groups attached to an aromatic ring is 1. The summed E-state index contributed by atoms with van der Waals surface area (Å²) < 4.78 is 5.93. The van der Waals surface area contributed by atoms with E-state index in [-0.39, 0.29) is 17.9 Å². The molecule has 1 aromatic heterocycles. The number of hydrogen-bond donors (Lipinski definition) is 2. The zero-order valence-electron chi connectivity index (χ0n) is 20.9. The predicted octanol–water partition coefficient (Wildman–Crippen LogP) is 5.15. The summed E-state index contributed by atoms with van der Waals surface area (Å²) in [5, 5.41) is 8.32. The maximum atomic E-state index is 13.8. The molecule has 1 aliphatic rings. The number of halogens is 1. The minimum absolute atomic E-state index is 0.131. The van der Waals surface area contributed by atoms with Crippen molar-refractivity contribution in [3.63, 3.8) is 0 Å². The molecule has 1 saturated heterocycles. The molecule has 2 heterocycles. The standard InChI is InChI=1S/C28H32ClN5O2/c1-4-34-16-21(17-34)27(24-15-32-14-20(13-30)26(24)31)33(3)28(35)19-9-10-23(25(12-19)36-5-2)18-7-6-8-22(29)11-18/h6-15,21,27,30H,4-5,16-17H2,1-3H3,(H2,31,32)/t27-/m0/s1. The summed E-state index contributed by atoms with van der Waals surface area (Å²) in [7, 11) is 1.81. The molecule has 4 rings (SSSR count). The predicted molar refractivity (Wildman–Crippen MR) is 145 cm³/mol. The Labute approximate surface area is 217 Å². The van der Waals surface area contributed by atoms with E-state index in [0.717, 1.165) is 36.3 Å². The minimum Gasteiger partial charge on any atom is -0.493 e. The molecular formula is C28H32ClN5O2. The zero-order valence-corrected chi connectivity index (χ0v) is 21.6. The van der Waals surface area contributed by atoms with E-state index in [9.17, 15) is 4.79 Å². The van der Waals surface area contributed by atoms with Gasteiger partial charge >= 0.3 is 0 Å². The fraction of sp³-hybridized carbons (Fsp3) is 0.321. The zero-order chi connectivity index (χ0) is 25.8. The van der Waals surface area contributed by atoms with E-state index in [1.807, 2.05) is 50.4 Å². The van der Waals surface area contributed by atoms with Gasteiger partial charge in [0.15, 0.2) is 0 Å². The van der Waals surface area contributed by atoms with Gasteiger partial charge in [-0.15, -0.1) is 0 Å². The first-order valence-corrected chi connectivity index (χ1v) is 12.5. The second-order valence-electron chi connectivity index (χ2n) is 9.00. The summed E-state index contributed by atoms with van der Waals surface area (Å²) in [6, 6.07) is 12.8. The molecule has 3 aromatic rings. The monoisotopic (exact) mass is 505 g/mol. The fourth-order valence-corrected chi connectivity index (χ4v) is 5.05. The lowest BCUT2D eigenvalue weighted by Crippen LogP contribution is -2.53. The van der Waals surface area contributed by atoms with Crippen molar-refractivity contribution < 1.29 is 9.53 Å². The van der Waals surface area contributed by atoms with Crippen LogP contribution in [0.2, 0.25) is 5.02 Å². The molecule has 1 atom stereocenters. The Morgan fingerprint density at radius 1 is 1.28 bits per heavy atom. The summed E-state index contributed by atoms with van der Waals surface area (Å²) >= 11 is 6.21. The molecule has 7 nitrogen and oxygen atoms in total. The lowest BCUT2D eigenvalue weighted by atomic mass is 9.85. The summed E-state index contributed by atoms with van der Waals surface area (Å²) in [4.78, 5) is 22.2. The summed E-state index contributed by atoms with van der Waals surface area (Å²) in [6.07, 6.45) is 4.50. The van der Waals surface area contributed by atoms with Gasteiger partial charge in [-0.1, -0.05) is 30.7 Å². The van der Waals surface area contributed by atoms with Crippen molar-refractivity contribution in [2.75, 3.05) is 39.0 Å². The minimum atomic E-state index is -0.268. The van der Waals surface area contributed by atoms with Gasteiger partial charge in [0.25, 0.3) is 5.91 Å². The maximum absolute atomic E-state index is 13.8. The van der Waals surface area contributed by atoms with Crippen molar-refractivity contribution in [2.45, 2.75) is 19.9 Å². The van der Waals surface area contributed by atoms with Crippen molar-refractivity contribution in [3.8, 4) is 16.9 Å². The van der Waals surface area contributed by atoms with Gasteiger partial charge in [-0.05, 0) is 49.4 Å². The Morgan fingerprint density at radius 3 is 2.72 bits per heavy atom. The van der Waals surface area contributed by atoms with Gasteiger partial charge < -0.3 is 25.7 Å². The van der Waals surface area contributed by atoms with Crippen LogP contribution in [0.15, 0.2) is 54.9 Å². The number of pyridine rings is 1. The number of carbonyl (C=O) groups excluding carboxylic acids is 1. The molecule has 8 heteroatoms. The molecule has 188 valence electrons. The largest absolute Gasteiger partial charge is 0.493 e. The average Bonchev–Trinajstić information content (AvgIpc) is 2.85. The molecule has 1 fully saturated rings. The van der Waals surface area contributed by atoms with Crippen LogP contribution < -0.4 is 10.5 Å². The van der Waals surface area contributed by atoms with Gasteiger partial charge in [-0.25, -0.2) is 0 Å². The first kappa shape index (κ1) is 25.7. The van der Waals surface area contributed by atoms with Crippen molar-refractivity contribution in [1.29, 1.82) is 5.41 Å². The smallest absolute Gasteiger partial charge is 0.254 e. The molecule has 1 amide bonds. The third kappa shape index (κ3) is 5.08. The molecule has 0 aliphatic carbocycles. The highest BCUT2D eigenvalue weighted by molar-refractivity contribution is 6.30. The summed E-state index contributed by atoms with van der Waals surface area (Å²) in [6.45, 7) is 7.20. The maximum Gasteiger partial charge on any atom is 0.254 e. The van der Waals surface area contributed by atoms with Crippen LogP contribution in [-0.2, 0) is 0 Å². The van der Waals surface area contributed by atoms with Gasteiger partial charge in [0.2, 0.25) is 0 Å². The SMILES string of the molecule is CCOc1cc(C(=O)N(C)[C@H](c2cncc(C=N)c2N)C2CN(CC)C2)ccc1-c1cccc(Cl)c1. The first-order chi connectivity index (χ1) is 17.4. The van der Waals surface area contributed by atoms with E-state index >= 15 is 0 Å². The van der Waals surface area contributed by atoms with Crippen molar-refractivity contribution >= 4 is 29.4 Å².